The first-order valence-corrected chi connectivity index (χ1v) is 6.77. The van der Waals surface area contributed by atoms with Gasteiger partial charge in [-0.25, -0.2) is 4.39 Å². The molecule has 106 valence electrons. The van der Waals surface area contributed by atoms with E-state index in [1.54, 1.807) is 6.20 Å². The molecule has 3 rings (SSSR count). The fourth-order valence-electron chi connectivity index (χ4n) is 2.28. The Kier molecular flexibility index (Phi) is 3.79. The van der Waals surface area contributed by atoms with Gasteiger partial charge in [-0.3, -0.25) is 4.98 Å². The molecule has 1 heterocycles. The number of fused-ring (bicyclic) bond motifs is 1. The lowest BCUT2D eigenvalue weighted by Crippen LogP contribution is -2.03. The van der Waals surface area contributed by atoms with Crippen LogP contribution in [0.3, 0.4) is 0 Å². The van der Waals surface area contributed by atoms with Gasteiger partial charge in [0.1, 0.15) is 17.3 Å². The molecule has 21 heavy (non-hydrogen) atoms. The molecule has 0 amide bonds. The number of rotatable bonds is 4. The van der Waals surface area contributed by atoms with Crippen LogP contribution in [0.4, 0.5) is 4.39 Å². The third kappa shape index (κ3) is 3.01. The molecular weight excluding hydrogens is 267 g/mol. The lowest BCUT2D eigenvalue weighted by Gasteiger charge is -2.10. The number of pyridine rings is 1. The van der Waals surface area contributed by atoms with Crippen LogP contribution in [0.5, 0.6) is 11.5 Å². The van der Waals surface area contributed by atoms with Crippen LogP contribution in [0.2, 0.25) is 0 Å². The first kappa shape index (κ1) is 13.5. The normalized spacial score (nSPS) is 10.8. The maximum atomic E-state index is 13.6. The van der Waals surface area contributed by atoms with Gasteiger partial charge in [0.25, 0.3) is 0 Å². The third-order valence-corrected chi connectivity index (χ3v) is 3.20. The van der Waals surface area contributed by atoms with Crippen molar-refractivity contribution in [2.45, 2.75) is 6.42 Å². The van der Waals surface area contributed by atoms with Gasteiger partial charge in [0, 0.05) is 17.6 Å². The van der Waals surface area contributed by atoms with Gasteiger partial charge in [-0.1, -0.05) is 6.07 Å². The predicted octanol–water partition coefficient (Wildman–Crippen LogP) is 3.67. The van der Waals surface area contributed by atoms with Crippen molar-refractivity contribution < 1.29 is 9.13 Å². The van der Waals surface area contributed by atoms with Gasteiger partial charge in [0.05, 0.1) is 5.52 Å². The van der Waals surface area contributed by atoms with Gasteiger partial charge in [-0.05, 0) is 54.9 Å². The topological polar surface area (TPSA) is 48.1 Å². The second kappa shape index (κ2) is 5.89. The summed E-state index contributed by atoms with van der Waals surface area (Å²) in [5.74, 6) is 0.800. The van der Waals surface area contributed by atoms with E-state index in [1.165, 1.54) is 12.1 Å². The van der Waals surface area contributed by atoms with Crippen molar-refractivity contribution in [1.82, 2.24) is 4.98 Å². The highest BCUT2D eigenvalue weighted by atomic mass is 19.1. The van der Waals surface area contributed by atoms with Crippen LogP contribution in [-0.4, -0.2) is 11.5 Å². The standard InChI is InChI=1S/C17H15FN2O/c18-13-9-12(6-7-19)10-14(11-13)21-17-5-1-4-16-15(17)3-2-8-20-16/h1-5,8-11H,6-7,19H2. The molecule has 2 N–H and O–H groups in total. The van der Waals surface area contributed by atoms with E-state index in [9.17, 15) is 4.39 Å². The average molecular weight is 282 g/mol. The number of halogens is 1. The van der Waals surface area contributed by atoms with Crippen LogP contribution in [0.15, 0.2) is 54.7 Å². The Balaban J connectivity index is 1.98. The minimum atomic E-state index is -0.325. The average Bonchev–Trinajstić information content (AvgIpc) is 2.47. The zero-order chi connectivity index (χ0) is 14.7. The van der Waals surface area contributed by atoms with E-state index < -0.39 is 0 Å². The quantitative estimate of drug-likeness (QED) is 0.794. The Bertz CT molecular complexity index is 768. The predicted molar refractivity (Wildman–Crippen MR) is 81.0 cm³/mol. The smallest absolute Gasteiger partial charge is 0.136 e. The molecule has 3 aromatic rings. The summed E-state index contributed by atoms with van der Waals surface area (Å²) in [5.41, 5.74) is 7.18. The maximum Gasteiger partial charge on any atom is 0.136 e. The number of nitrogens with zero attached hydrogens (tertiary/aromatic N) is 1. The highest BCUT2D eigenvalue weighted by molar-refractivity contribution is 5.85. The summed E-state index contributed by atoms with van der Waals surface area (Å²) in [5, 5.41) is 0.893. The Labute approximate surface area is 122 Å². The molecule has 0 aliphatic heterocycles. The molecule has 3 nitrogen and oxygen atoms in total. The zero-order valence-electron chi connectivity index (χ0n) is 11.4. The molecule has 0 spiro atoms. The summed E-state index contributed by atoms with van der Waals surface area (Å²) in [6, 6.07) is 14.1. The fraction of sp³-hybridized carbons (Fsp3) is 0.118. The van der Waals surface area contributed by atoms with Crippen molar-refractivity contribution in [1.29, 1.82) is 0 Å². The van der Waals surface area contributed by atoms with E-state index in [2.05, 4.69) is 4.98 Å². The lowest BCUT2D eigenvalue weighted by atomic mass is 10.1. The fourth-order valence-corrected chi connectivity index (χ4v) is 2.28. The molecule has 4 heteroatoms. The second-order valence-electron chi connectivity index (χ2n) is 4.76. The van der Waals surface area contributed by atoms with Crippen molar-refractivity contribution >= 4 is 10.9 Å². The molecule has 0 fully saturated rings. The third-order valence-electron chi connectivity index (χ3n) is 3.20. The van der Waals surface area contributed by atoms with Gasteiger partial charge in [-0.2, -0.15) is 0 Å². The van der Waals surface area contributed by atoms with Crippen LogP contribution in [0.25, 0.3) is 10.9 Å². The Morgan fingerprint density at radius 2 is 2.00 bits per heavy atom. The Hall–Kier alpha value is -2.46. The number of benzene rings is 2. The molecule has 0 saturated heterocycles. The second-order valence-corrected chi connectivity index (χ2v) is 4.76. The molecule has 1 aromatic heterocycles. The lowest BCUT2D eigenvalue weighted by molar-refractivity contribution is 0.481. The number of nitrogens with two attached hydrogens (primary N) is 1. The SMILES string of the molecule is NCCc1cc(F)cc(Oc2cccc3ncccc23)c1. The summed E-state index contributed by atoms with van der Waals surface area (Å²) in [6.45, 7) is 0.473. The largest absolute Gasteiger partial charge is 0.457 e. The summed E-state index contributed by atoms with van der Waals surface area (Å²) >= 11 is 0. The van der Waals surface area contributed by atoms with Crippen LogP contribution >= 0.6 is 0 Å². The van der Waals surface area contributed by atoms with Crippen molar-refractivity contribution in [3.63, 3.8) is 0 Å². The van der Waals surface area contributed by atoms with Crippen molar-refractivity contribution in [3.05, 3.63) is 66.1 Å². The van der Waals surface area contributed by atoms with E-state index in [0.717, 1.165) is 16.5 Å². The molecule has 0 atom stereocenters. The number of hydrogen-bond acceptors (Lipinski definition) is 3. The summed E-state index contributed by atoms with van der Waals surface area (Å²) in [6.07, 6.45) is 2.35. The molecule has 2 aromatic carbocycles. The molecule has 0 aliphatic carbocycles. The van der Waals surface area contributed by atoms with E-state index >= 15 is 0 Å². The molecular formula is C17H15FN2O. The molecule has 0 aliphatic rings. The number of ether oxygens (including phenoxy) is 1. The number of aromatic nitrogens is 1. The summed E-state index contributed by atoms with van der Waals surface area (Å²) < 4.78 is 19.5. The minimum absolute atomic E-state index is 0.325. The van der Waals surface area contributed by atoms with E-state index in [1.807, 2.05) is 36.4 Å². The van der Waals surface area contributed by atoms with E-state index in [4.69, 9.17) is 10.5 Å². The zero-order valence-corrected chi connectivity index (χ0v) is 11.4. The molecule has 0 saturated carbocycles. The van der Waals surface area contributed by atoms with Crippen molar-refractivity contribution in [3.8, 4) is 11.5 Å². The maximum absolute atomic E-state index is 13.6. The van der Waals surface area contributed by atoms with Gasteiger partial charge < -0.3 is 10.5 Å². The minimum Gasteiger partial charge on any atom is -0.457 e. The highest BCUT2D eigenvalue weighted by Gasteiger charge is 2.06. The van der Waals surface area contributed by atoms with Crippen molar-refractivity contribution in [2.75, 3.05) is 6.54 Å². The monoisotopic (exact) mass is 282 g/mol. The molecule has 0 bridgehead atoms. The van der Waals surface area contributed by atoms with Crippen LogP contribution < -0.4 is 10.5 Å². The van der Waals surface area contributed by atoms with Crippen LogP contribution in [-0.2, 0) is 6.42 Å². The van der Waals surface area contributed by atoms with Gasteiger partial charge in [-0.15, -0.1) is 0 Å². The van der Waals surface area contributed by atoms with Crippen LogP contribution in [0, 0.1) is 5.82 Å². The van der Waals surface area contributed by atoms with Gasteiger partial charge >= 0.3 is 0 Å². The van der Waals surface area contributed by atoms with Crippen molar-refractivity contribution in [2.24, 2.45) is 5.73 Å². The Morgan fingerprint density at radius 1 is 1.10 bits per heavy atom. The summed E-state index contributed by atoms with van der Waals surface area (Å²) in [4.78, 5) is 4.28. The first-order chi connectivity index (χ1) is 10.3. The van der Waals surface area contributed by atoms with Gasteiger partial charge in [0.15, 0.2) is 0 Å². The molecule has 0 unspecified atom stereocenters. The number of hydrogen-bond donors (Lipinski definition) is 1. The molecule has 0 radical (unpaired) electrons. The Morgan fingerprint density at radius 3 is 2.86 bits per heavy atom. The van der Waals surface area contributed by atoms with E-state index in [0.29, 0.717) is 24.5 Å². The van der Waals surface area contributed by atoms with Gasteiger partial charge in [0.2, 0.25) is 0 Å². The summed E-state index contributed by atoms with van der Waals surface area (Å²) in [7, 11) is 0. The van der Waals surface area contributed by atoms with Crippen LogP contribution in [0.1, 0.15) is 5.56 Å². The van der Waals surface area contributed by atoms with E-state index in [-0.39, 0.29) is 5.82 Å². The first-order valence-electron chi connectivity index (χ1n) is 6.77. The highest BCUT2D eigenvalue weighted by Crippen LogP contribution is 2.29.